The average Bonchev–Trinajstić information content (AvgIpc) is 2.99. The predicted octanol–water partition coefficient (Wildman–Crippen LogP) is 3.49. The third kappa shape index (κ3) is 5.09. The molecular formula is C18H22BrN3O2S. The molecule has 0 radical (unpaired) electrons. The van der Waals surface area contributed by atoms with Crippen molar-refractivity contribution in [2.45, 2.75) is 25.3 Å². The van der Waals surface area contributed by atoms with Gasteiger partial charge in [-0.3, -0.25) is 9.69 Å². The molecule has 25 heavy (non-hydrogen) atoms. The zero-order valence-electron chi connectivity index (χ0n) is 14.5. The van der Waals surface area contributed by atoms with E-state index in [2.05, 4.69) is 45.0 Å². The highest BCUT2D eigenvalue weighted by Crippen LogP contribution is 2.25. The number of amides is 1. The van der Waals surface area contributed by atoms with Gasteiger partial charge in [-0.2, -0.15) is 0 Å². The molecular weight excluding hydrogens is 402 g/mol. The van der Waals surface area contributed by atoms with E-state index in [9.17, 15) is 4.79 Å². The van der Waals surface area contributed by atoms with Crippen molar-refractivity contribution < 1.29 is 9.32 Å². The van der Waals surface area contributed by atoms with Crippen molar-refractivity contribution in [3.05, 3.63) is 45.8 Å². The molecule has 2 heterocycles. The molecule has 1 fully saturated rings. The molecule has 0 bridgehead atoms. The minimum absolute atomic E-state index is 0.211. The molecule has 1 saturated heterocycles. The normalized spacial score (nSPS) is 15.6. The average molecular weight is 424 g/mol. The third-order valence-corrected chi connectivity index (χ3v) is 5.92. The number of nitrogens with zero attached hydrogens (tertiary/aromatic N) is 3. The van der Waals surface area contributed by atoms with Gasteiger partial charge in [0.2, 0.25) is 5.91 Å². The summed E-state index contributed by atoms with van der Waals surface area (Å²) < 4.78 is 6.34. The van der Waals surface area contributed by atoms with E-state index in [1.54, 1.807) is 11.8 Å². The first-order valence-electron chi connectivity index (χ1n) is 8.32. The van der Waals surface area contributed by atoms with E-state index in [0.717, 1.165) is 53.5 Å². The number of thioether (sulfide) groups is 1. The monoisotopic (exact) mass is 423 g/mol. The van der Waals surface area contributed by atoms with Gasteiger partial charge in [0.1, 0.15) is 0 Å². The van der Waals surface area contributed by atoms with E-state index in [1.165, 1.54) is 5.56 Å². The van der Waals surface area contributed by atoms with Gasteiger partial charge in [-0.25, -0.2) is 0 Å². The molecule has 1 aliphatic heterocycles. The molecule has 1 aromatic carbocycles. The van der Waals surface area contributed by atoms with Crippen molar-refractivity contribution in [2.75, 3.05) is 31.9 Å². The first-order valence-corrected chi connectivity index (χ1v) is 10.1. The number of piperazine rings is 1. The molecule has 5 nitrogen and oxygen atoms in total. The summed E-state index contributed by atoms with van der Waals surface area (Å²) in [6.45, 7) is 8.03. The summed E-state index contributed by atoms with van der Waals surface area (Å²) in [6, 6.07) is 8.13. The van der Waals surface area contributed by atoms with Crippen LogP contribution in [0.5, 0.6) is 0 Å². The van der Waals surface area contributed by atoms with E-state index < -0.39 is 0 Å². The van der Waals surface area contributed by atoms with Gasteiger partial charge in [0.05, 0.1) is 18.0 Å². The lowest BCUT2D eigenvalue weighted by atomic mass is 10.2. The van der Waals surface area contributed by atoms with Crippen LogP contribution in [0.1, 0.15) is 17.0 Å². The van der Waals surface area contributed by atoms with Gasteiger partial charge in [-0.05, 0) is 37.6 Å². The summed E-state index contributed by atoms with van der Waals surface area (Å²) in [5.74, 6) is 1.59. The van der Waals surface area contributed by atoms with Crippen LogP contribution >= 0.6 is 27.7 Å². The van der Waals surface area contributed by atoms with E-state index >= 15 is 0 Å². The van der Waals surface area contributed by atoms with Crippen LogP contribution in [0, 0.1) is 13.8 Å². The summed E-state index contributed by atoms with van der Waals surface area (Å²) in [4.78, 5) is 17.9. The first-order chi connectivity index (χ1) is 12.0. The van der Waals surface area contributed by atoms with Gasteiger partial charge < -0.3 is 9.42 Å². The molecule has 1 amide bonds. The summed E-state index contributed by atoms with van der Waals surface area (Å²) in [6.07, 6.45) is 0. The number of aromatic nitrogens is 1. The Morgan fingerprint density at radius 2 is 2.00 bits per heavy atom. The van der Waals surface area contributed by atoms with Crippen LogP contribution in [0.25, 0.3) is 0 Å². The highest BCUT2D eigenvalue weighted by molar-refractivity contribution is 9.10. The summed E-state index contributed by atoms with van der Waals surface area (Å²) >= 11 is 5.08. The van der Waals surface area contributed by atoms with Crippen molar-refractivity contribution >= 4 is 33.6 Å². The molecule has 0 unspecified atom stereocenters. The Kier molecular flexibility index (Phi) is 6.19. The Balaban J connectivity index is 1.45. The molecule has 0 aliphatic carbocycles. The van der Waals surface area contributed by atoms with E-state index in [-0.39, 0.29) is 5.91 Å². The van der Waals surface area contributed by atoms with Crippen LogP contribution in [0.3, 0.4) is 0 Å². The number of carbonyl (C=O) groups excluding carboxylic acids is 1. The van der Waals surface area contributed by atoms with E-state index in [1.807, 2.05) is 24.0 Å². The fourth-order valence-corrected chi connectivity index (χ4v) is 4.26. The van der Waals surface area contributed by atoms with Crippen LogP contribution in [0.15, 0.2) is 38.2 Å². The minimum Gasteiger partial charge on any atom is -0.360 e. The van der Waals surface area contributed by atoms with Gasteiger partial charge in [0, 0.05) is 41.6 Å². The Morgan fingerprint density at radius 3 is 2.64 bits per heavy atom. The molecule has 0 saturated carbocycles. The molecule has 1 aliphatic rings. The fraction of sp³-hybridized carbons (Fsp3) is 0.444. The lowest BCUT2D eigenvalue weighted by molar-refractivity contribution is -0.130. The number of carbonyl (C=O) groups is 1. The van der Waals surface area contributed by atoms with Gasteiger partial charge >= 0.3 is 0 Å². The van der Waals surface area contributed by atoms with Crippen LogP contribution in [0.2, 0.25) is 0 Å². The zero-order valence-corrected chi connectivity index (χ0v) is 16.9. The Morgan fingerprint density at radius 1 is 1.24 bits per heavy atom. The molecule has 0 N–H and O–H groups in total. The largest absolute Gasteiger partial charge is 0.360 e. The quantitative estimate of drug-likeness (QED) is 0.688. The standard InChI is InChI=1S/C18H22BrN3O2S/c1-13-9-15(19)3-4-17(13)25-12-18(23)22-7-5-21(6-8-22)11-16-10-14(2)20-24-16/h3-4,9-10H,5-8,11-12H2,1-2H3. The number of halogens is 1. The highest BCUT2D eigenvalue weighted by Gasteiger charge is 2.22. The summed E-state index contributed by atoms with van der Waals surface area (Å²) in [7, 11) is 0. The van der Waals surface area contributed by atoms with Crippen molar-refractivity contribution in [3.63, 3.8) is 0 Å². The van der Waals surface area contributed by atoms with Crippen molar-refractivity contribution in [3.8, 4) is 0 Å². The molecule has 7 heteroatoms. The van der Waals surface area contributed by atoms with Gasteiger partial charge in [-0.15, -0.1) is 11.8 Å². The number of hydrogen-bond donors (Lipinski definition) is 0. The predicted molar refractivity (Wildman–Crippen MR) is 103 cm³/mol. The second kappa shape index (κ2) is 8.38. The minimum atomic E-state index is 0.211. The second-order valence-electron chi connectivity index (χ2n) is 6.29. The van der Waals surface area contributed by atoms with Crippen molar-refractivity contribution in [2.24, 2.45) is 0 Å². The maximum atomic E-state index is 12.5. The number of benzene rings is 1. The maximum Gasteiger partial charge on any atom is 0.233 e. The van der Waals surface area contributed by atoms with Crippen LogP contribution in [0.4, 0.5) is 0 Å². The topological polar surface area (TPSA) is 49.6 Å². The SMILES string of the molecule is Cc1cc(CN2CCN(C(=O)CSc3ccc(Br)cc3C)CC2)on1. The fourth-order valence-electron chi connectivity index (χ4n) is 2.87. The van der Waals surface area contributed by atoms with Crippen LogP contribution in [-0.2, 0) is 11.3 Å². The zero-order chi connectivity index (χ0) is 17.8. The van der Waals surface area contributed by atoms with Crippen molar-refractivity contribution in [1.29, 1.82) is 0 Å². The first kappa shape index (κ1) is 18.5. The lowest BCUT2D eigenvalue weighted by Gasteiger charge is -2.34. The molecule has 3 rings (SSSR count). The summed E-state index contributed by atoms with van der Waals surface area (Å²) in [5.41, 5.74) is 2.10. The smallest absolute Gasteiger partial charge is 0.233 e. The Hall–Kier alpha value is -1.31. The van der Waals surface area contributed by atoms with Crippen LogP contribution in [-0.4, -0.2) is 52.8 Å². The second-order valence-corrected chi connectivity index (χ2v) is 8.22. The van der Waals surface area contributed by atoms with Crippen LogP contribution < -0.4 is 0 Å². The lowest BCUT2D eigenvalue weighted by Crippen LogP contribution is -2.48. The highest BCUT2D eigenvalue weighted by atomic mass is 79.9. The maximum absolute atomic E-state index is 12.5. The number of aryl methyl sites for hydroxylation is 2. The molecule has 1 aromatic heterocycles. The van der Waals surface area contributed by atoms with Gasteiger partial charge in [0.25, 0.3) is 0 Å². The van der Waals surface area contributed by atoms with Crippen molar-refractivity contribution in [1.82, 2.24) is 15.0 Å². The Labute approximate surface area is 160 Å². The van der Waals surface area contributed by atoms with E-state index in [0.29, 0.717) is 5.75 Å². The van der Waals surface area contributed by atoms with Gasteiger partial charge in [-0.1, -0.05) is 21.1 Å². The Bertz CT molecular complexity index is 742. The number of rotatable bonds is 5. The summed E-state index contributed by atoms with van der Waals surface area (Å²) in [5, 5.41) is 3.92. The molecule has 134 valence electrons. The van der Waals surface area contributed by atoms with Gasteiger partial charge in [0.15, 0.2) is 5.76 Å². The number of hydrogen-bond acceptors (Lipinski definition) is 5. The van der Waals surface area contributed by atoms with E-state index in [4.69, 9.17) is 4.52 Å². The third-order valence-electron chi connectivity index (χ3n) is 4.27. The molecule has 2 aromatic rings. The molecule has 0 atom stereocenters. The molecule has 0 spiro atoms.